The normalized spacial score (nSPS) is 15.4. The fourth-order valence-electron chi connectivity index (χ4n) is 2.78. The summed E-state index contributed by atoms with van der Waals surface area (Å²) in [7, 11) is 3.83. The van der Waals surface area contributed by atoms with Crippen molar-refractivity contribution >= 4 is 17.5 Å². The molecule has 1 fully saturated rings. The van der Waals surface area contributed by atoms with Gasteiger partial charge in [-0.1, -0.05) is 6.07 Å². The second-order valence-electron chi connectivity index (χ2n) is 6.13. The minimum atomic E-state index is -4.32. The lowest BCUT2D eigenvalue weighted by molar-refractivity contribution is -0.137. The van der Waals surface area contributed by atoms with Gasteiger partial charge in [-0.2, -0.15) is 18.2 Å². The van der Waals surface area contributed by atoms with Gasteiger partial charge in [0.1, 0.15) is 5.82 Å². The first-order valence-corrected chi connectivity index (χ1v) is 8.02. The first-order valence-electron chi connectivity index (χ1n) is 8.02. The number of hydrogen-bond donors (Lipinski definition) is 0. The van der Waals surface area contributed by atoms with E-state index in [1.54, 1.807) is 12.3 Å². The molecule has 1 aliphatic rings. The lowest BCUT2D eigenvalue weighted by Gasteiger charge is -2.36. The molecule has 0 spiro atoms. The van der Waals surface area contributed by atoms with Crippen molar-refractivity contribution in [2.24, 2.45) is 0 Å². The maximum Gasteiger partial charge on any atom is 0.416 e. The van der Waals surface area contributed by atoms with Crippen molar-refractivity contribution in [3.8, 4) is 0 Å². The van der Waals surface area contributed by atoms with Gasteiger partial charge in [0.05, 0.1) is 5.56 Å². The lowest BCUT2D eigenvalue weighted by Crippen LogP contribution is -2.47. The van der Waals surface area contributed by atoms with E-state index in [4.69, 9.17) is 0 Å². The van der Waals surface area contributed by atoms with Crippen LogP contribution in [0.4, 0.5) is 30.6 Å². The number of aromatic nitrogens is 2. The van der Waals surface area contributed by atoms with E-state index in [0.717, 1.165) is 11.9 Å². The van der Waals surface area contributed by atoms with Crippen LogP contribution in [0.2, 0.25) is 0 Å². The highest BCUT2D eigenvalue weighted by atomic mass is 19.4. The van der Waals surface area contributed by atoms with Crippen molar-refractivity contribution in [1.29, 1.82) is 0 Å². The van der Waals surface area contributed by atoms with E-state index < -0.39 is 11.7 Å². The van der Waals surface area contributed by atoms with E-state index >= 15 is 0 Å². The van der Waals surface area contributed by atoms with Crippen LogP contribution in [-0.2, 0) is 6.18 Å². The molecule has 0 amide bonds. The number of benzene rings is 1. The molecule has 1 saturated heterocycles. The van der Waals surface area contributed by atoms with Crippen LogP contribution in [0.3, 0.4) is 0 Å². The summed E-state index contributed by atoms with van der Waals surface area (Å²) >= 11 is 0. The molecule has 1 aromatic heterocycles. The Balaban J connectivity index is 1.69. The quantitative estimate of drug-likeness (QED) is 0.850. The molecule has 134 valence electrons. The summed E-state index contributed by atoms with van der Waals surface area (Å²) in [5.74, 6) is 1.47. The van der Waals surface area contributed by atoms with Gasteiger partial charge in [0, 0.05) is 52.2 Å². The molecule has 0 saturated carbocycles. The molecule has 0 aliphatic carbocycles. The Kier molecular flexibility index (Phi) is 4.69. The predicted octanol–water partition coefficient (Wildman–Crippen LogP) is 2.89. The zero-order valence-electron chi connectivity index (χ0n) is 14.2. The summed E-state index contributed by atoms with van der Waals surface area (Å²) in [4.78, 5) is 14.7. The van der Waals surface area contributed by atoms with Crippen molar-refractivity contribution in [2.45, 2.75) is 6.18 Å². The van der Waals surface area contributed by atoms with E-state index in [9.17, 15) is 13.2 Å². The predicted molar refractivity (Wildman–Crippen MR) is 92.2 cm³/mol. The third-order valence-corrected chi connectivity index (χ3v) is 4.19. The molecule has 0 bridgehead atoms. The largest absolute Gasteiger partial charge is 0.416 e. The van der Waals surface area contributed by atoms with Gasteiger partial charge in [0.15, 0.2) is 0 Å². The number of alkyl halides is 3. The van der Waals surface area contributed by atoms with E-state index in [2.05, 4.69) is 14.9 Å². The Morgan fingerprint density at radius 3 is 2.32 bits per heavy atom. The third-order valence-electron chi connectivity index (χ3n) is 4.19. The monoisotopic (exact) mass is 351 g/mol. The Hall–Kier alpha value is -2.51. The molecule has 25 heavy (non-hydrogen) atoms. The van der Waals surface area contributed by atoms with Gasteiger partial charge >= 0.3 is 6.18 Å². The SMILES string of the molecule is CN(C)c1ccnc(N2CCN(c3cccc(C(F)(F)F)c3)CC2)n1. The standard InChI is InChI=1S/C17H20F3N5/c1-23(2)15-6-7-21-16(22-15)25-10-8-24(9-11-25)14-5-3-4-13(12-14)17(18,19)20/h3-7,12H,8-11H2,1-2H3. The fourth-order valence-corrected chi connectivity index (χ4v) is 2.78. The Bertz CT molecular complexity index is 724. The average Bonchev–Trinajstić information content (AvgIpc) is 2.61. The molecule has 5 nitrogen and oxygen atoms in total. The average molecular weight is 351 g/mol. The van der Waals surface area contributed by atoms with Crippen molar-refractivity contribution < 1.29 is 13.2 Å². The van der Waals surface area contributed by atoms with Crippen LogP contribution < -0.4 is 14.7 Å². The number of rotatable bonds is 3. The zero-order chi connectivity index (χ0) is 18.0. The van der Waals surface area contributed by atoms with Gasteiger partial charge < -0.3 is 14.7 Å². The van der Waals surface area contributed by atoms with Crippen LogP contribution in [0.15, 0.2) is 36.5 Å². The molecule has 2 aromatic rings. The van der Waals surface area contributed by atoms with E-state index in [1.165, 1.54) is 12.1 Å². The van der Waals surface area contributed by atoms with Crippen molar-refractivity contribution in [2.75, 3.05) is 55.0 Å². The highest BCUT2D eigenvalue weighted by molar-refractivity contribution is 5.51. The fraction of sp³-hybridized carbons (Fsp3) is 0.412. The van der Waals surface area contributed by atoms with Crippen LogP contribution in [-0.4, -0.2) is 50.2 Å². The summed E-state index contributed by atoms with van der Waals surface area (Å²) in [5, 5.41) is 0. The van der Waals surface area contributed by atoms with Gasteiger partial charge in [-0.25, -0.2) is 4.98 Å². The van der Waals surface area contributed by atoms with Crippen LogP contribution >= 0.6 is 0 Å². The Morgan fingerprint density at radius 2 is 1.68 bits per heavy atom. The lowest BCUT2D eigenvalue weighted by atomic mass is 10.1. The third kappa shape index (κ3) is 3.94. The molecule has 3 rings (SSSR count). The minimum absolute atomic E-state index is 0.595. The van der Waals surface area contributed by atoms with Crippen LogP contribution in [0, 0.1) is 0 Å². The highest BCUT2D eigenvalue weighted by Crippen LogP contribution is 2.32. The van der Waals surface area contributed by atoms with Gasteiger partial charge in [0.25, 0.3) is 0 Å². The molecular formula is C17H20F3N5. The van der Waals surface area contributed by atoms with Crippen LogP contribution in [0.1, 0.15) is 5.56 Å². The van der Waals surface area contributed by atoms with Gasteiger partial charge in [-0.05, 0) is 24.3 Å². The maximum atomic E-state index is 12.9. The van der Waals surface area contributed by atoms with E-state index in [0.29, 0.717) is 37.8 Å². The molecule has 2 heterocycles. The summed E-state index contributed by atoms with van der Waals surface area (Å²) in [6.07, 6.45) is -2.60. The topological polar surface area (TPSA) is 35.5 Å². The van der Waals surface area contributed by atoms with E-state index in [-0.39, 0.29) is 0 Å². The van der Waals surface area contributed by atoms with Gasteiger partial charge in [-0.15, -0.1) is 0 Å². The number of hydrogen-bond acceptors (Lipinski definition) is 5. The van der Waals surface area contributed by atoms with Crippen molar-refractivity contribution in [1.82, 2.24) is 9.97 Å². The van der Waals surface area contributed by atoms with Crippen LogP contribution in [0.5, 0.6) is 0 Å². The molecule has 8 heteroatoms. The van der Waals surface area contributed by atoms with Crippen LogP contribution in [0.25, 0.3) is 0 Å². The highest BCUT2D eigenvalue weighted by Gasteiger charge is 2.31. The first kappa shape index (κ1) is 17.3. The Labute approximate surface area is 144 Å². The second-order valence-corrected chi connectivity index (χ2v) is 6.13. The number of nitrogens with zero attached hydrogens (tertiary/aromatic N) is 5. The number of anilines is 3. The molecule has 0 N–H and O–H groups in total. The number of piperazine rings is 1. The molecule has 0 atom stereocenters. The molecule has 1 aliphatic heterocycles. The Morgan fingerprint density at radius 1 is 1.00 bits per heavy atom. The summed E-state index contributed by atoms with van der Waals surface area (Å²) in [5.41, 5.74) is -0.0214. The summed E-state index contributed by atoms with van der Waals surface area (Å²) < 4.78 is 38.6. The van der Waals surface area contributed by atoms with E-state index in [1.807, 2.05) is 30.0 Å². The molecule has 0 unspecified atom stereocenters. The van der Waals surface area contributed by atoms with Crippen molar-refractivity contribution in [3.05, 3.63) is 42.1 Å². The molecule has 0 radical (unpaired) electrons. The zero-order valence-corrected chi connectivity index (χ0v) is 14.2. The van der Waals surface area contributed by atoms with Crippen molar-refractivity contribution in [3.63, 3.8) is 0 Å². The first-order chi connectivity index (χ1) is 11.8. The smallest absolute Gasteiger partial charge is 0.368 e. The maximum absolute atomic E-state index is 12.9. The van der Waals surface area contributed by atoms with Gasteiger partial charge in [0.2, 0.25) is 5.95 Å². The minimum Gasteiger partial charge on any atom is -0.368 e. The molecular weight excluding hydrogens is 331 g/mol. The number of halogens is 3. The molecule has 1 aromatic carbocycles. The second kappa shape index (κ2) is 6.78. The summed E-state index contributed by atoms with van der Waals surface area (Å²) in [6, 6.07) is 7.31. The summed E-state index contributed by atoms with van der Waals surface area (Å²) in [6.45, 7) is 2.56. The van der Waals surface area contributed by atoms with Gasteiger partial charge in [-0.3, -0.25) is 0 Å².